The zero-order valence-electron chi connectivity index (χ0n) is 23.9. The monoisotopic (exact) mass is 583 g/mol. The van der Waals surface area contributed by atoms with Crippen molar-refractivity contribution in [3.8, 4) is 0 Å². The summed E-state index contributed by atoms with van der Waals surface area (Å²) >= 11 is 1.46. The fourth-order valence-corrected chi connectivity index (χ4v) is 6.84. The van der Waals surface area contributed by atoms with E-state index in [0.717, 1.165) is 19.3 Å². The number of hydrogen-bond acceptors (Lipinski definition) is 0. The fraction of sp³-hybridized carbons (Fsp3) is 0.237. The van der Waals surface area contributed by atoms with Gasteiger partial charge in [0.05, 0.1) is 0 Å². The van der Waals surface area contributed by atoms with Crippen molar-refractivity contribution in [1.29, 1.82) is 0 Å². The molecule has 0 heterocycles. The van der Waals surface area contributed by atoms with Crippen LogP contribution < -0.4 is 10.4 Å². The van der Waals surface area contributed by atoms with E-state index >= 15 is 0 Å². The van der Waals surface area contributed by atoms with Crippen molar-refractivity contribution in [2.24, 2.45) is 5.41 Å². The Morgan fingerprint density at radius 2 is 1.56 bits per heavy atom. The number of benzene rings is 3. The average molecular weight is 585 g/mol. The summed E-state index contributed by atoms with van der Waals surface area (Å²) in [4.78, 5) is 0. The van der Waals surface area contributed by atoms with E-state index in [9.17, 15) is 0 Å². The summed E-state index contributed by atoms with van der Waals surface area (Å²) in [5, 5.41) is 2.68. The Balaban J connectivity index is 0.000000186. The van der Waals surface area contributed by atoms with Gasteiger partial charge in [-0.1, -0.05) is 79.0 Å². The van der Waals surface area contributed by atoms with Gasteiger partial charge in [0.25, 0.3) is 0 Å². The third-order valence-electron chi connectivity index (χ3n) is 8.56. The second-order valence-corrected chi connectivity index (χ2v) is 12.2. The number of hydrogen-bond donors (Lipinski definition) is 0. The van der Waals surface area contributed by atoms with Gasteiger partial charge in [-0.3, -0.25) is 0 Å². The molecule has 0 N–H and O–H groups in total. The fourth-order valence-electron chi connectivity index (χ4n) is 6.02. The van der Waals surface area contributed by atoms with Crippen LogP contribution in [0, 0.1) is 12.3 Å². The maximum atomic E-state index is 3.82. The van der Waals surface area contributed by atoms with Crippen molar-refractivity contribution in [3.63, 3.8) is 0 Å². The minimum absolute atomic E-state index is 0.104. The molecule has 1 atom stereocenters. The summed E-state index contributed by atoms with van der Waals surface area (Å²) in [5.41, 5.74) is 12.7. The first-order chi connectivity index (χ1) is 18.9. The van der Waals surface area contributed by atoms with Crippen LogP contribution in [-0.4, -0.2) is 3.21 Å². The van der Waals surface area contributed by atoms with Gasteiger partial charge in [-0.2, -0.15) is 0 Å². The van der Waals surface area contributed by atoms with E-state index < -0.39 is 0 Å². The normalized spacial score (nSPS) is 18.9. The van der Waals surface area contributed by atoms with Gasteiger partial charge >= 0.3 is 99.2 Å². The van der Waals surface area contributed by atoms with E-state index in [-0.39, 0.29) is 5.41 Å². The molecular formula is C38H37Zr-. The molecule has 0 fully saturated rings. The van der Waals surface area contributed by atoms with E-state index in [1.54, 1.807) is 0 Å². The van der Waals surface area contributed by atoms with E-state index in [1.807, 2.05) is 0 Å². The first-order valence-electron chi connectivity index (χ1n) is 14.1. The quantitative estimate of drug-likeness (QED) is 0.269. The molecule has 3 aliphatic rings. The maximum absolute atomic E-state index is 3.82. The predicted octanol–water partition coefficient (Wildman–Crippen LogP) is 7.74. The molecule has 0 saturated carbocycles. The van der Waals surface area contributed by atoms with Crippen molar-refractivity contribution >= 4 is 14.9 Å². The van der Waals surface area contributed by atoms with E-state index in [4.69, 9.17) is 0 Å². The van der Waals surface area contributed by atoms with Crippen molar-refractivity contribution in [1.82, 2.24) is 0 Å². The molecule has 6 rings (SSSR count). The SMILES string of the molecule is CCc1cc(C)c2c(c1)=[C-]C1=C(C3=CC=CC3)C(C)(CC)C(C)=CC=21.[Zr]=[C](c1ccccc1)c1ccccc1. The third kappa shape index (κ3) is 5.31. The molecule has 0 aliphatic heterocycles. The summed E-state index contributed by atoms with van der Waals surface area (Å²) in [7, 11) is 0. The first-order valence-corrected chi connectivity index (χ1v) is 15.4. The predicted molar refractivity (Wildman–Crippen MR) is 164 cm³/mol. The molecule has 0 bridgehead atoms. The standard InChI is InChI=1S/C25H27.C13H10.Zr/c1-6-18-12-16(3)23-20(14-18)15-22-21(23)13-17(4)25(5,7-2)24(22)19-10-8-9-11-19;1-3-7-12(8-4-1)11-13-9-5-2-6-10-13;/h8-10,12-14H,6-7,11H2,1-5H3;1-10H;/q-1;;. The summed E-state index contributed by atoms with van der Waals surface area (Å²) < 4.78 is 1.42. The summed E-state index contributed by atoms with van der Waals surface area (Å²) in [6, 6.07) is 25.8. The summed E-state index contributed by atoms with van der Waals surface area (Å²) in [6.45, 7) is 11.5. The van der Waals surface area contributed by atoms with Crippen molar-refractivity contribution in [3.05, 3.63) is 152 Å². The van der Waals surface area contributed by atoms with Gasteiger partial charge in [0.2, 0.25) is 0 Å². The number of rotatable bonds is 5. The number of allylic oxidation sites excluding steroid dienone is 8. The second-order valence-electron chi connectivity index (χ2n) is 10.9. The van der Waals surface area contributed by atoms with Crippen molar-refractivity contribution < 1.29 is 24.2 Å². The number of fused-ring (bicyclic) bond motifs is 2. The molecule has 0 spiro atoms. The molecule has 194 valence electrons. The molecule has 0 nitrogen and oxygen atoms in total. The van der Waals surface area contributed by atoms with Gasteiger partial charge in [0, 0.05) is 0 Å². The van der Waals surface area contributed by atoms with E-state index in [1.165, 1.54) is 88.0 Å². The molecule has 0 amide bonds. The second kappa shape index (κ2) is 11.7. The molecule has 3 aromatic rings. The van der Waals surface area contributed by atoms with Gasteiger partial charge in [-0.05, 0) is 38.5 Å². The Morgan fingerprint density at radius 3 is 2.10 bits per heavy atom. The Hall–Kier alpha value is -2.89. The van der Waals surface area contributed by atoms with Crippen LogP contribution in [0.2, 0.25) is 0 Å². The van der Waals surface area contributed by atoms with Gasteiger partial charge < -0.3 is 0 Å². The molecule has 3 aliphatic carbocycles. The van der Waals surface area contributed by atoms with Crippen molar-refractivity contribution in [2.45, 2.75) is 53.9 Å². The Labute approximate surface area is 249 Å². The topological polar surface area (TPSA) is 0 Å². The molecule has 0 radical (unpaired) electrons. The van der Waals surface area contributed by atoms with Crippen LogP contribution >= 0.6 is 0 Å². The van der Waals surface area contributed by atoms with Crippen LogP contribution in [-0.2, 0) is 30.7 Å². The van der Waals surface area contributed by atoms with Crippen LogP contribution in [0.5, 0.6) is 0 Å². The molecule has 0 aromatic heterocycles. The zero-order chi connectivity index (χ0) is 27.6. The molecular weight excluding hydrogens is 548 g/mol. The van der Waals surface area contributed by atoms with Gasteiger partial charge in [-0.15, -0.1) is 33.7 Å². The van der Waals surface area contributed by atoms with Gasteiger partial charge in [0.15, 0.2) is 0 Å². The van der Waals surface area contributed by atoms with Crippen molar-refractivity contribution in [2.75, 3.05) is 0 Å². The van der Waals surface area contributed by atoms with Crippen LogP contribution in [0.4, 0.5) is 0 Å². The Morgan fingerprint density at radius 1 is 0.923 bits per heavy atom. The molecule has 39 heavy (non-hydrogen) atoms. The molecule has 3 aromatic carbocycles. The van der Waals surface area contributed by atoms with Crippen LogP contribution in [0.3, 0.4) is 0 Å². The van der Waals surface area contributed by atoms with E-state index in [0.29, 0.717) is 0 Å². The number of aryl methyl sites for hydroxylation is 2. The molecule has 1 unspecified atom stereocenters. The van der Waals surface area contributed by atoms with Gasteiger partial charge in [-0.25, -0.2) is 0 Å². The molecule has 0 saturated heterocycles. The Bertz CT molecular complexity index is 1620. The summed E-state index contributed by atoms with van der Waals surface area (Å²) in [6.07, 6.45) is 16.3. The third-order valence-corrected chi connectivity index (χ3v) is 9.98. The summed E-state index contributed by atoms with van der Waals surface area (Å²) in [5.74, 6) is 0. The molecule has 1 heteroatoms. The van der Waals surface area contributed by atoms with Crippen LogP contribution in [0.25, 0.3) is 11.6 Å². The van der Waals surface area contributed by atoms with Crippen LogP contribution in [0.15, 0.2) is 119 Å². The Kier molecular flexibility index (Phi) is 8.30. The zero-order valence-corrected chi connectivity index (χ0v) is 26.3. The van der Waals surface area contributed by atoms with Gasteiger partial charge in [0.1, 0.15) is 0 Å². The first kappa shape index (κ1) is 27.7. The van der Waals surface area contributed by atoms with E-state index in [2.05, 4.69) is 138 Å². The minimum atomic E-state index is 0.104. The van der Waals surface area contributed by atoms with Crippen LogP contribution in [0.1, 0.15) is 62.8 Å². The average Bonchev–Trinajstić information content (AvgIpc) is 3.62.